The number of hydrogen-bond acceptors (Lipinski definition) is 4. The molecule has 7 nitrogen and oxygen atoms in total. The van der Waals surface area contributed by atoms with E-state index >= 15 is 0 Å². The first-order valence-electron chi connectivity index (χ1n) is 8.11. The van der Waals surface area contributed by atoms with E-state index in [9.17, 15) is 24.1 Å². The number of carbonyl (C=O) groups excluding carboxylic acids is 2. The van der Waals surface area contributed by atoms with Crippen molar-refractivity contribution in [2.75, 3.05) is 5.32 Å². The van der Waals surface area contributed by atoms with E-state index in [2.05, 4.69) is 10.6 Å². The van der Waals surface area contributed by atoms with Crippen molar-refractivity contribution >= 4 is 46.4 Å². The van der Waals surface area contributed by atoms with E-state index in [4.69, 9.17) is 23.2 Å². The molecule has 1 atom stereocenters. The number of nitro groups is 1. The quantitative estimate of drug-likeness (QED) is 0.525. The van der Waals surface area contributed by atoms with Gasteiger partial charge in [-0.3, -0.25) is 19.7 Å². The molecule has 10 heteroatoms. The lowest BCUT2D eigenvalue weighted by atomic mass is 10.0. The number of non-ortho nitro benzene ring substituents is 1. The van der Waals surface area contributed by atoms with Gasteiger partial charge in [0.15, 0.2) is 0 Å². The zero-order chi connectivity index (χ0) is 21.0. The van der Waals surface area contributed by atoms with Gasteiger partial charge in [-0.15, -0.1) is 0 Å². The smallest absolute Gasteiger partial charge is 0.270 e. The standard InChI is InChI=1S/C18H16Cl2FN3O4/c1-9(2)16(18(26)22-10-3-6-15(21)14(20)7-10)23-17(25)12-5-4-11(24(27)28)8-13(12)19/h3-9,16H,1-2H3,(H,22,26)(H,23,25). The van der Waals surface area contributed by atoms with Gasteiger partial charge in [0.05, 0.1) is 20.5 Å². The minimum absolute atomic E-state index is 0.00413. The Hall–Kier alpha value is -2.71. The molecule has 0 bridgehead atoms. The van der Waals surface area contributed by atoms with E-state index in [0.717, 1.165) is 18.2 Å². The number of nitrogens with one attached hydrogen (secondary N) is 2. The Labute approximate surface area is 170 Å². The van der Waals surface area contributed by atoms with Gasteiger partial charge in [-0.2, -0.15) is 0 Å². The second-order valence-electron chi connectivity index (χ2n) is 6.23. The lowest BCUT2D eigenvalue weighted by Gasteiger charge is -2.22. The van der Waals surface area contributed by atoms with Crippen LogP contribution in [0.1, 0.15) is 24.2 Å². The van der Waals surface area contributed by atoms with E-state index < -0.39 is 28.6 Å². The summed E-state index contributed by atoms with van der Waals surface area (Å²) in [6.45, 7) is 3.44. The molecule has 1 unspecified atom stereocenters. The SMILES string of the molecule is CC(C)C(NC(=O)c1ccc([N+](=O)[O-])cc1Cl)C(=O)Nc1ccc(F)c(Cl)c1. The van der Waals surface area contributed by atoms with Gasteiger partial charge in [-0.05, 0) is 30.2 Å². The third-order valence-corrected chi connectivity index (χ3v) is 4.43. The largest absolute Gasteiger partial charge is 0.340 e. The molecule has 0 aromatic heterocycles. The number of nitro benzene ring substituents is 1. The summed E-state index contributed by atoms with van der Waals surface area (Å²) in [7, 11) is 0. The van der Waals surface area contributed by atoms with Gasteiger partial charge in [0.1, 0.15) is 11.9 Å². The second-order valence-corrected chi connectivity index (χ2v) is 7.05. The van der Waals surface area contributed by atoms with Crippen molar-refractivity contribution in [3.05, 3.63) is 67.9 Å². The molecule has 0 aliphatic heterocycles. The lowest BCUT2D eigenvalue weighted by molar-refractivity contribution is -0.384. The molecule has 0 aliphatic carbocycles. The van der Waals surface area contributed by atoms with Crippen LogP contribution in [0.25, 0.3) is 0 Å². The summed E-state index contributed by atoms with van der Waals surface area (Å²) in [5.74, 6) is -2.12. The third kappa shape index (κ3) is 5.17. The Bertz CT molecular complexity index is 937. The average molecular weight is 428 g/mol. The number of amides is 2. The first-order chi connectivity index (χ1) is 13.1. The van der Waals surface area contributed by atoms with Crippen molar-refractivity contribution in [3.63, 3.8) is 0 Å². The molecule has 148 valence electrons. The topological polar surface area (TPSA) is 101 Å². The fourth-order valence-corrected chi connectivity index (χ4v) is 2.79. The van der Waals surface area contributed by atoms with Gasteiger partial charge in [-0.1, -0.05) is 37.0 Å². The molecule has 2 aromatic rings. The summed E-state index contributed by atoms with van der Waals surface area (Å²) in [6, 6.07) is 6.17. The van der Waals surface area contributed by atoms with E-state index in [1.165, 1.54) is 18.2 Å². The van der Waals surface area contributed by atoms with Crippen molar-refractivity contribution in [1.82, 2.24) is 5.32 Å². The average Bonchev–Trinajstić information content (AvgIpc) is 2.62. The van der Waals surface area contributed by atoms with Gasteiger partial charge in [-0.25, -0.2) is 4.39 Å². The van der Waals surface area contributed by atoms with Crippen LogP contribution in [0, 0.1) is 21.8 Å². The Kier molecular flexibility index (Phi) is 6.93. The van der Waals surface area contributed by atoms with Gasteiger partial charge in [0, 0.05) is 17.8 Å². The molecule has 2 N–H and O–H groups in total. The highest BCUT2D eigenvalue weighted by Crippen LogP contribution is 2.23. The lowest BCUT2D eigenvalue weighted by Crippen LogP contribution is -2.47. The minimum Gasteiger partial charge on any atom is -0.340 e. The van der Waals surface area contributed by atoms with Crippen molar-refractivity contribution in [3.8, 4) is 0 Å². The summed E-state index contributed by atoms with van der Waals surface area (Å²) < 4.78 is 13.2. The Morgan fingerprint density at radius 3 is 2.32 bits per heavy atom. The molecular weight excluding hydrogens is 412 g/mol. The summed E-state index contributed by atoms with van der Waals surface area (Å²) in [4.78, 5) is 35.2. The third-order valence-electron chi connectivity index (χ3n) is 3.83. The fourth-order valence-electron chi connectivity index (χ4n) is 2.35. The molecule has 0 fully saturated rings. The van der Waals surface area contributed by atoms with Crippen molar-refractivity contribution in [2.24, 2.45) is 5.92 Å². The predicted molar refractivity (Wildman–Crippen MR) is 104 cm³/mol. The van der Waals surface area contributed by atoms with Gasteiger partial charge >= 0.3 is 0 Å². The van der Waals surface area contributed by atoms with E-state index in [1.807, 2.05) is 0 Å². The molecule has 28 heavy (non-hydrogen) atoms. The number of carbonyl (C=O) groups is 2. The van der Waals surface area contributed by atoms with Crippen LogP contribution in [0.15, 0.2) is 36.4 Å². The summed E-state index contributed by atoms with van der Waals surface area (Å²) in [6.07, 6.45) is 0. The number of benzene rings is 2. The maximum atomic E-state index is 13.2. The highest BCUT2D eigenvalue weighted by molar-refractivity contribution is 6.34. The number of hydrogen-bond donors (Lipinski definition) is 2. The number of halogens is 3. The van der Waals surface area contributed by atoms with Crippen LogP contribution < -0.4 is 10.6 Å². The molecule has 2 aromatic carbocycles. The van der Waals surface area contributed by atoms with Crippen molar-refractivity contribution in [1.29, 1.82) is 0 Å². The first kappa shape index (κ1) is 21.6. The molecule has 0 spiro atoms. The Balaban J connectivity index is 2.17. The molecular formula is C18H16Cl2FN3O4. The second kappa shape index (κ2) is 8.99. The Morgan fingerprint density at radius 2 is 1.79 bits per heavy atom. The summed E-state index contributed by atoms with van der Waals surface area (Å²) >= 11 is 11.7. The number of nitrogens with zero attached hydrogens (tertiary/aromatic N) is 1. The van der Waals surface area contributed by atoms with Crippen molar-refractivity contribution < 1.29 is 18.9 Å². The normalized spacial score (nSPS) is 11.8. The van der Waals surface area contributed by atoms with Crippen LogP contribution >= 0.6 is 23.2 Å². The van der Waals surface area contributed by atoms with E-state index in [-0.39, 0.29) is 32.9 Å². The van der Waals surface area contributed by atoms with Gasteiger partial charge in [0.2, 0.25) is 5.91 Å². The summed E-state index contributed by atoms with van der Waals surface area (Å²) in [5.41, 5.74) is 0.00750. The zero-order valence-corrected chi connectivity index (χ0v) is 16.3. The minimum atomic E-state index is -0.942. The van der Waals surface area contributed by atoms with Crippen molar-refractivity contribution in [2.45, 2.75) is 19.9 Å². The molecule has 0 saturated heterocycles. The molecule has 0 saturated carbocycles. The maximum absolute atomic E-state index is 13.2. The van der Waals surface area contributed by atoms with Gasteiger partial charge < -0.3 is 10.6 Å². The van der Waals surface area contributed by atoms with Gasteiger partial charge in [0.25, 0.3) is 11.6 Å². The maximum Gasteiger partial charge on any atom is 0.270 e. The molecule has 0 heterocycles. The zero-order valence-electron chi connectivity index (χ0n) is 14.8. The first-order valence-corrected chi connectivity index (χ1v) is 8.86. The predicted octanol–water partition coefficient (Wildman–Crippen LogP) is 4.43. The van der Waals surface area contributed by atoms with E-state index in [0.29, 0.717) is 0 Å². The summed E-state index contributed by atoms with van der Waals surface area (Å²) in [5, 5.41) is 15.6. The fraction of sp³-hybridized carbons (Fsp3) is 0.222. The van der Waals surface area contributed by atoms with Crippen LogP contribution in [0.5, 0.6) is 0 Å². The number of anilines is 1. The van der Waals surface area contributed by atoms with Crippen LogP contribution in [0.2, 0.25) is 10.0 Å². The number of rotatable bonds is 6. The van der Waals surface area contributed by atoms with E-state index in [1.54, 1.807) is 13.8 Å². The molecule has 2 rings (SSSR count). The molecule has 0 aliphatic rings. The van der Waals surface area contributed by atoms with Crippen LogP contribution in [-0.4, -0.2) is 22.8 Å². The van der Waals surface area contributed by atoms with Crippen LogP contribution in [-0.2, 0) is 4.79 Å². The molecule has 2 amide bonds. The highest BCUT2D eigenvalue weighted by Gasteiger charge is 2.26. The van der Waals surface area contributed by atoms with Crippen LogP contribution in [0.3, 0.4) is 0 Å². The van der Waals surface area contributed by atoms with Crippen LogP contribution in [0.4, 0.5) is 15.8 Å². The monoisotopic (exact) mass is 427 g/mol. The Morgan fingerprint density at radius 1 is 1.11 bits per heavy atom. The highest BCUT2D eigenvalue weighted by atomic mass is 35.5. The molecule has 0 radical (unpaired) electrons.